The van der Waals surface area contributed by atoms with E-state index >= 15 is 0 Å². The van der Waals surface area contributed by atoms with Crippen molar-refractivity contribution in [2.75, 3.05) is 0 Å². The number of aliphatic carboxylic acids is 1. The van der Waals surface area contributed by atoms with E-state index in [1.54, 1.807) is 0 Å². The third-order valence-corrected chi connectivity index (χ3v) is 14.0. The lowest BCUT2D eigenvalue weighted by molar-refractivity contribution is -0.250. The van der Waals surface area contributed by atoms with Gasteiger partial charge >= 0.3 is 11.9 Å². The molecule has 10 atom stereocenters. The Kier molecular flexibility index (Phi) is 6.33. The molecule has 1 N–H and O–H groups in total. The van der Waals surface area contributed by atoms with Crippen molar-refractivity contribution in [2.24, 2.45) is 56.7 Å². The molecule has 0 aliphatic heterocycles. The summed E-state index contributed by atoms with van der Waals surface area (Å²) >= 11 is 0. The Morgan fingerprint density at radius 1 is 0.865 bits per heavy atom. The van der Waals surface area contributed by atoms with Gasteiger partial charge in [0.05, 0.1) is 5.41 Å². The Hall–Kier alpha value is -1.32. The average Bonchev–Trinajstić information content (AvgIpc) is 3.23. The summed E-state index contributed by atoms with van der Waals surface area (Å²) in [4.78, 5) is 25.1. The van der Waals surface area contributed by atoms with Gasteiger partial charge in [0.25, 0.3) is 0 Å². The van der Waals surface area contributed by atoms with E-state index in [-0.39, 0.29) is 39.7 Å². The molecule has 0 aromatic carbocycles. The minimum Gasteiger partial charge on any atom is -0.481 e. The van der Waals surface area contributed by atoms with E-state index in [0.29, 0.717) is 30.1 Å². The summed E-state index contributed by atoms with van der Waals surface area (Å²) in [5.41, 5.74) is 1.20. The molecule has 0 heterocycles. The highest BCUT2D eigenvalue weighted by Gasteiger charge is 2.72. The predicted molar refractivity (Wildman–Crippen MR) is 147 cm³/mol. The normalized spacial score (nSPS) is 50.1. The number of carboxylic acid groups (broad SMARTS) is 1. The molecule has 0 radical (unpaired) electrons. The highest BCUT2D eigenvalue weighted by Crippen LogP contribution is 2.77. The van der Waals surface area contributed by atoms with Crippen molar-refractivity contribution >= 4 is 11.9 Å². The lowest BCUT2D eigenvalue weighted by atomic mass is 9.32. The number of ether oxygens (including phenoxy) is 1. The molecule has 0 spiro atoms. The van der Waals surface area contributed by atoms with Gasteiger partial charge in [-0.2, -0.15) is 0 Å². The summed E-state index contributed by atoms with van der Waals surface area (Å²) in [6.45, 7) is 20.8. The summed E-state index contributed by atoms with van der Waals surface area (Å²) in [6.07, 6.45) is 10.9. The van der Waals surface area contributed by atoms with Crippen LogP contribution >= 0.6 is 0 Å². The maximum atomic E-state index is 12.8. The van der Waals surface area contributed by atoms with E-state index in [4.69, 9.17) is 4.74 Å². The zero-order valence-corrected chi connectivity index (χ0v) is 24.6. The molecule has 0 aromatic rings. The third-order valence-electron chi connectivity index (χ3n) is 14.0. The van der Waals surface area contributed by atoms with Crippen molar-refractivity contribution in [1.82, 2.24) is 0 Å². The Morgan fingerprint density at radius 2 is 1.57 bits per heavy atom. The monoisotopic (exact) mass is 512 g/mol. The predicted octanol–water partition coefficient (Wildman–Crippen LogP) is 8.05. The summed E-state index contributed by atoms with van der Waals surface area (Å²) in [7, 11) is 0. The second-order valence-electron chi connectivity index (χ2n) is 15.3. The van der Waals surface area contributed by atoms with E-state index in [2.05, 4.69) is 48.1 Å². The van der Waals surface area contributed by atoms with Crippen LogP contribution in [0, 0.1) is 56.7 Å². The van der Waals surface area contributed by atoms with Crippen LogP contribution in [0.25, 0.3) is 0 Å². The standard InChI is InChI=1S/C33H52O4/c1-9-26(34)37-25-14-15-30(6)23(29(25,4)5)13-16-32(8)24(30)11-10-22-27-21(20(2)3)12-17-33(27,28(35)36)19-18-31(22,32)7/h21-25,27H,2,9-19H2,1,3-8H3,(H,35,36)/t21?,22-,23?,24?,25+,27?,30+,31-,32-,33+/m1/s1. The van der Waals surface area contributed by atoms with Crippen molar-refractivity contribution in [1.29, 1.82) is 0 Å². The number of hydrogen-bond acceptors (Lipinski definition) is 3. The minimum absolute atomic E-state index is 0.00924. The van der Waals surface area contributed by atoms with Crippen molar-refractivity contribution in [3.63, 3.8) is 0 Å². The summed E-state index contributed by atoms with van der Waals surface area (Å²) in [6, 6.07) is 0. The molecule has 4 nitrogen and oxygen atoms in total. The van der Waals surface area contributed by atoms with Crippen LogP contribution in [0.1, 0.15) is 119 Å². The number of fused-ring (bicyclic) bond motifs is 7. The summed E-state index contributed by atoms with van der Waals surface area (Å²) in [5.74, 6) is 1.58. The Bertz CT molecular complexity index is 983. The number of carbonyl (C=O) groups excluding carboxylic acids is 1. The van der Waals surface area contributed by atoms with Crippen molar-refractivity contribution in [3.05, 3.63) is 12.2 Å². The van der Waals surface area contributed by atoms with Gasteiger partial charge in [-0.25, -0.2) is 0 Å². The number of carbonyl (C=O) groups is 2. The topological polar surface area (TPSA) is 63.6 Å². The molecule has 208 valence electrons. The van der Waals surface area contributed by atoms with Crippen LogP contribution in [-0.2, 0) is 14.3 Å². The molecule has 5 saturated carbocycles. The Balaban J connectivity index is 1.50. The molecule has 0 amide bonds. The second kappa shape index (κ2) is 8.59. The maximum Gasteiger partial charge on any atom is 0.309 e. The van der Waals surface area contributed by atoms with Crippen LogP contribution in [0.15, 0.2) is 12.2 Å². The highest BCUT2D eigenvalue weighted by atomic mass is 16.5. The minimum atomic E-state index is -0.554. The van der Waals surface area contributed by atoms with E-state index in [0.717, 1.165) is 44.9 Å². The lowest BCUT2D eigenvalue weighted by Crippen LogP contribution is -2.67. The van der Waals surface area contributed by atoms with Crippen molar-refractivity contribution < 1.29 is 19.4 Å². The molecule has 5 aliphatic carbocycles. The molecule has 0 saturated heterocycles. The van der Waals surface area contributed by atoms with E-state index in [9.17, 15) is 14.7 Å². The van der Waals surface area contributed by atoms with Gasteiger partial charge in [0, 0.05) is 11.8 Å². The van der Waals surface area contributed by atoms with Gasteiger partial charge in [-0.3, -0.25) is 9.59 Å². The molecular weight excluding hydrogens is 460 g/mol. The number of carboxylic acids is 1. The van der Waals surface area contributed by atoms with Crippen LogP contribution in [0.3, 0.4) is 0 Å². The fourth-order valence-corrected chi connectivity index (χ4v) is 11.9. The van der Waals surface area contributed by atoms with Gasteiger partial charge < -0.3 is 9.84 Å². The summed E-state index contributed by atoms with van der Waals surface area (Å²) in [5, 5.41) is 10.6. The second-order valence-corrected chi connectivity index (χ2v) is 15.3. The molecular formula is C33H52O4. The number of rotatable bonds is 4. The van der Waals surface area contributed by atoms with Gasteiger partial charge in [0.15, 0.2) is 0 Å². The molecule has 37 heavy (non-hydrogen) atoms. The number of hydrogen-bond donors (Lipinski definition) is 1. The maximum absolute atomic E-state index is 12.8. The van der Waals surface area contributed by atoms with Crippen LogP contribution in [0.5, 0.6) is 0 Å². The van der Waals surface area contributed by atoms with E-state index in [1.165, 1.54) is 24.8 Å². The smallest absolute Gasteiger partial charge is 0.309 e. The van der Waals surface area contributed by atoms with Crippen LogP contribution in [0.2, 0.25) is 0 Å². The Labute approximate surface area is 225 Å². The first-order chi connectivity index (χ1) is 17.2. The molecule has 0 aromatic heterocycles. The fraction of sp³-hybridized carbons (Fsp3) is 0.879. The first-order valence-corrected chi connectivity index (χ1v) is 15.3. The molecule has 4 unspecified atom stereocenters. The number of allylic oxidation sites excluding steroid dienone is 1. The van der Waals surface area contributed by atoms with Gasteiger partial charge in [0.1, 0.15) is 6.10 Å². The SMILES string of the molecule is C=C(C)C1CC[C@]2(C(=O)O)CC[C@]3(C)[C@H](CCC4[C@@]5(C)CC[C@H](OC(=O)CC)C(C)(C)C5CC[C@]43C)C12. The first-order valence-electron chi connectivity index (χ1n) is 15.3. The Morgan fingerprint density at radius 3 is 2.19 bits per heavy atom. The number of esters is 1. The molecule has 5 rings (SSSR count). The quantitative estimate of drug-likeness (QED) is 0.306. The van der Waals surface area contributed by atoms with Gasteiger partial charge in [0.2, 0.25) is 0 Å². The van der Waals surface area contributed by atoms with Gasteiger partial charge in [-0.15, -0.1) is 0 Å². The fourth-order valence-electron chi connectivity index (χ4n) is 11.9. The average molecular weight is 513 g/mol. The highest BCUT2D eigenvalue weighted by molar-refractivity contribution is 5.76. The zero-order chi connectivity index (χ0) is 27.2. The molecule has 5 aliphatic rings. The zero-order valence-electron chi connectivity index (χ0n) is 24.6. The van der Waals surface area contributed by atoms with Crippen molar-refractivity contribution in [2.45, 2.75) is 125 Å². The van der Waals surface area contributed by atoms with Crippen LogP contribution < -0.4 is 0 Å². The van der Waals surface area contributed by atoms with Crippen molar-refractivity contribution in [3.8, 4) is 0 Å². The lowest BCUT2D eigenvalue weighted by Gasteiger charge is -2.72. The third kappa shape index (κ3) is 3.45. The molecule has 4 heteroatoms. The van der Waals surface area contributed by atoms with E-state index < -0.39 is 11.4 Å². The van der Waals surface area contributed by atoms with Gasteiger partial charge in [-0.1, -0.05) is 53.7 Å². The van der Waals surface area contributed by atoms with Crippen LogP contribution in [-0.4, -0.2) is 23.1 Å². The molecule has 5 fully saturated rings. The summed E-state index contributed by atoms with van der Waals surface area (Å²) < 4.78 is 6.03. The largest absolute Gasteiger partial charge is 0.481 e. The van der Waals surface area contributed by atoms with Gasteiger partial charge in [-0.05, 0) is 117 Å². The first kappa shape index (κ1) is 27.3. The molecule has 0 bridgehead atoms. The van der Waals surface area contributed by atoms with Crippen LogP contribution in [0.4, 0.5) is 0 Å². The van der Waals surface area contributed by atoms with E-state index in [1.807, 2.05) is 6.92 Å².